The summed E-state index contributed by atoms with van der Waals surface area (Å²) in [7, 11) is 0. The molecule has 0 spiro atoms. The van der Waals surface area contributed by atoms with Gasteiger partial charge in [0.25, 0.3) is 0 Å². The lowest BCUT2D eigenvalue weighted by Gasteiger charge is -2.36. The van der Waals surface area contributed by atoms with E-state index in [1.54, 1.807) is 0 Å². The third kappa shape index (κ3) is 6.32. The average molecular weight is 388 g/mol. The largest absolute Gasteiger partial charge is 0.372 e. The van der Waals surface area contributed by atoms with Gasteiger partial charge in [0.2, 0.25) is 0 Å². The summed E-state index contributed by atoms with van der Waals surface area (Å²) in [6.07, 6.45) is 5.28. The monoisotopic (exact) mass is 387 g/mol. The number of rotatable bonds is 6. The van der Waals surface area contributed by atoms with Gasteiger partial charge in [0.15, 0.2) is 0 Å². The molecule has 2 saturated heterocycles. The lowest BCUT2D eigenvalue weighted by atomic mass is 9.95. The van der Waals surface area contributed by atoms with Crippen molar-refractivity contribution in [1.82, 2.24) is 10.2 Å². The van der Waals surface area contributed by atoms with Crippen molar-refractivity contribution in [2.75, 3.05) is 44.2 Å². The van der Waals surface area contributed by atoms with Crippen molar-refractivity contribution < 1.29 is 0 Å². The van der Waals surface area contributed by atoms with E-state index in [9.17, 15) is 0 Å². The fraction of sp³-hybridized carbons (Fsp3) is 0.700. The van der Waals surface area contributed by atoms with E-state index >= 15 is 0 Å². The van der Waals surface area contributed by atoms with Crippen molar-refractivity contribution in [2.24, 2.45) is 5.92 Å². The molecule has 3 rings (SSSR count). The fourth-order valence-corrected chi connectivity index (χ4v) is 3.93. The smallest absolute Gasteiger partial charge is 0.0366 e. The van der Waals surface area contributed by atoms with Gasteiger partial charge in [-0.05, 0) is 49.3 Å². The molecule has 0 radical (unpaired) electrons. The Hall–Kier alpha value is -0.480. The van der Waals surface area contributed by atoms with Crippen LogP contribution in [-0.4, -0.2) is 44.2 Å². The van der Waals surface area contributed by atoms with Crippen LogP contribution in [0.1, 0.15) is 51.1 Å². The minimum Gasteiger partial charge on any atom is -0.372 e. The van der Waals surface area contributed by atoms with Gasteiger partial charge in [-0.1, -0.05) is 26.0 Å². The quantitative estimate of drug-likeness (QED) is 0.774. The molecule has 1 aromatic carbocycles. The number of nitrogens with zero attached hydrogens (tertiary/aromatic N) is 2. The maximum absolute atomic E-state index is 3.48. The number of halogens is 2. The SMILES string of the molecule is CC(C)CC[C@@H](c1ccc(N2CCCC2)cc1)N1CCNCC1.Cl.Cl. The standard InChI is InChI=1S/C20H33N3.2ClH/c1-17(2)5-10-20(23-15-11-21-12-16-23)18-6-8-19(9-7-18)22-13-3-4-14-22;;/h6-9,17,20-21H,3-5,10-16H2,1-2H3;2*1H/t20-;;/m0../s1. The predicted molar refractivity (Wildman–Crippen MR) is 114 cm³/mol. The molecule has 0 aliphatic carbocycles. The van der Waals surface area contributed by atoms with Gasteiger partial charge in [-0.15, -0.1) is 24.8 Å². The van der Waals surface area contributed by atoms with Crippen molar-refractivity contribution in [3.63, 3.8) is 0 Å². The molecule has 0 unspecified atom stereocenters. The first-order chi connectivity index (χ1) is 11.2. The molecule has 1 N–H and O–H groups in total. The zero-order valence-corrected chi connectivity index (χ0v) is 17.4. The number of hydrogen-bond acceptors (Lipinski definition) is 3. The van der Waals surface area contributed by atoms with E-state index in [1.165, 1.54) is 63.1 Å². The van der Waals surface area contributed by atoms with Crippen LogP contribution < -0.4 is 10.2 Å². The summed E-state index contributed by atoms with van der Waals surface area (Å²) in [6, 6.07) is 10.1. The molecule has 1 aromatic rings. The van der Waals surface area contributed by atoms with E-state index < -0.39 is 0 Å². The first kappa shape index (κ1) is 22.6. The first-order valence-corrected chi connectivity index (χ1v) is 9.54. The molecule has 1 atom stereocenters. The van der Waals surface area contributed by atoms with E-state index in [0.29, 0.717) is 6.04 Å². The van der Waals surface area contributed by atoms with Gasteiger partial charge in [0.05, 0.1) is 0 Å². The second-order valence-corrected chi connectivity index (χ2v) is 7.56. The molecule has 2 aliphatic heterocycles. The molecule has 2 heterocycles. The van der Waals surface area contributed by atoms with Crippen LogP contribution in [0.15, 0.2) is 24.3 Å². The summed E-state index contributed by atoms with van der Waals surface area (Å²) < 4.78 is 0. The number of benzene rings is 1. The van der Waals surface area contributed by atoms with E-state index in [1.807, 2.05) is 0 Å². The van der Waals surface area contributed by atoms with Crippen LogP contribution in [0.25, 0.3) is 0 Å². The highest BCUT2D eigenvalue weighted by Gasteiger charge is 2.22. The third-order valence-electron chi connectivity index (χ3n) is 5.36. The predicted octanol–water partition coefficient (Wildman–Crippen LogP) is 4.51. The fourth-order valence-electron chi connectivity index (χ4n) is 3.93. The zero-order valence-electron chi connectivity index (χ0n) is 15.7. The summed E-state index contributed by atoms with van der Waals surface area (Å²) >= 11 is 0. The number of piperazine rings is 1. The van der Waals surface area contributed by atoms with Crippen molar-refractivity contribution >= 4 is 30.5 Å². The third-order valence-corrected chi connectivity index (χ3v) is 5.36. The summed E-state index contributed by atoms with van der Waals surface area (Å²) in [6.45, 7) is 11.7. The lowest BCUT2D eigenvalue weighted by Crippen LogP contribution is -2.45. The van der Waals surface area contributed by atoms with Gasteiger partial charge >= 0.3 is 0 Å². The number of hydrogen-bond donors (Lipinski definition) is 1. The summed E-state index contributed by atoms with van der Waals surface area (Å²) in [5, 5.41) is 3.48. The summed E-state index contributed by atoms with van der Waals surface area (Å²) in [5.74, 6) is 0.782. The van der Waals surface area contributed by atoms with Crippen LogP contribution in [0.4, 0.5) is 5.69 Å². The Morgan fingerprint density at radius 2 is 1.48 bits per heavy atom. The molecule has 0 saturated carbocycles. The van der Waals surface area contributed by atoms with E-state index in [4.69, 9.17) is 0 Å². The van der Waals surface area contributed by atoms with E-state index in [-0.39, 0.29) is 24.8 Å². The van der Waals surface area contributed by atoms with Gasteiger partial charge in [-0.2, -0.15) is 0 Å². The Morgan fingerprint density at radius 1 is 0.880 bits per heavy atom. The maximum Gasteiger partial charge on any atom is 0.0366 e. The summed E-state index contributed by atoms with van der Waals surface area (Å²) in [4.78, 5) is 5.21. The average Bonchev–Trinajstić information content (AvgIpc) is 3.11. The molecule has 3 nitrogen and oxygen atoms in total. The molecule has 0 bridgehead atoms. The van der Waals surface area contributed by atoms with Gasteiger partial charge in [-0.3, -0.25) is 4.90 Å². The normalized spacial score (nSPS) is 19.4. The molecule has 0 aromatic heterocycles. The molecule has 2 fully saturated rings. The van der Waals surface area contributed by atoms with Crippen molar-refractivity contribution in [3.05, 3.63) is 29.8 Å². The zero-order chi connectivity index (χ0) is 16.1. The van der Waals surface area contributed by atoms with E-state index in [2.05, 4.69) is 53.2 Å². The minimum atomic E-state index is 0. The topological polar surface area (TPSA) is 18.5 Å². The van der Waals surface area contributed by atoms with Crippen LogP contribution >= 0.6 is 24.8 Å². The Kier molecular flexibility index (Phi) is 10.2. The van der Waals surface area contributed by atoms with Crippen LogP contribution in [-0.2, 0) is 0 Å². The molecular weight excluding hydrogens is 353 g/mol. The number of anilines is 1. The highest BCUT2D eigenvalue weighted by Crippen LogP contribution is 2.30. The van der Waals surface area contributed by atoms with Crippen LogP contribution in [0.5, 0.6) is 0 Å². The van der Waals surface area contributed by atoms with Gasteiger partial charge in [0.1, 0.15) is 0 Å². The molecule has 144 valence electrons. The lowest BCUT2D eigenvalue weighted by molar-refractivity contribution is 0.160. The van der Waals surface area contributed by atoms with Gasteiger partial charge in [0, 0.05) is 51.0 Å². The second-order valence-electron chi connectivity index (χ2n) is 7.56. The van der Waals surface area contributed by atoms with Crippen molar-refractivity contribution in [3.8, 4) is 0 Å². The molecule has 2 aliphatic rings. The number of nitrogens with one attached hydrogen (secondary N) is 1. The first-order valence-electron chi connectivity index (χ1n) is 9.54. The van der Waals surface area contributed by atoms with Gasteiger partial charge in [-0.25, -0.2) is 0 Å². The van der Waals surface area contributed by atoms with Gasteiger partial charge < -0.3 is 10.2 Å². The summed E-state index contributed by atoms with van der Waals surface area (Å²) in [5.41, 5.74) is 2.92. The van der Waals surface area contributed by atoms with E-state index in [0.717, 1.165) is 19.0 Å². The Morgan fingerprint density at radius 3 is 2.04 bits per heavy atom. The highest BCUT2D eigenvalue weighted by atomic mass is 35.5. The molecule has 25 heavy (non-hydrogen) atoms. The molecular formula is C20H35Cl2N3. The second kappa shape index (κ2) is 11.3. The van der Waals surface area contributed by atoms with Crippen molar-refractivity contribution in [2.45, 2.75) is 45.6 Å². The minimum absolute atomic E-state index is 0. The molecule has 5 heteroatoms. The Labute approximate surface area is 166 Å². The van der Waals surface area contributed by atoms with Crippen LogP contribution in [0.2, 0.25) is 0 Å². The highest BCUT2D eigenvalue weighted by molar-refractivity contribution is 5.85. The molecule has 0 amide bonds. The van der Waals surface area contributed by atoms with Crippen LogP contribution in [0, 0.1) is 5.92 Å². The Bertz CT molecular complexity index is 466. The van der Waals surface area contributed by atoms with Crippen LogP contribution in [0.3, 0.4) is 0 Å². The Balaban J connectivity index is 0.00000156. The maximum atomic E-state index is 3.48. The van der Waals surface area contributed by atoms with Crippen molar-refractivity contribution in [1.29, 1.82) is 0 Å².